The van der Waals surface area contributed by atoms with Crippen LogP contribution in [-0.4, -0.2) is 33.3 Å². The van der Waals surface area contributed by atoms with Crippen LogP contribution in [0.2, 0.25) is 0 Å². The SMILES string of the molecule is CS(=O)(=O)NC1CCOC1=O. The number of esters is 1. The van der Waals surface area contributed by atoms with Crippen LogP contribution in [0.1, 0.15) is 6.42 Å². The number of sulfonamides is 1. The van der Waals surface area contributed by atoms with Crippen LogP contribution >= 0.6 is 0 Å². The van der Waals surface area contributed by atoms with Gasteiger partial charge in [0.15, 0.2) is 0 Å². The molecule has 0 aromatic carbocycles. The number of carbonyl (C=O) groups is 1. The van der Waals surface area contributed by atoms with Crippen LogP contribution in [0.25, 0.3) is 0 Å². The van der Waals surface area contributed by atoms with Gasteiger partial charge in [-0.1, -0.05) is 0 Å². The Morgan fingerprint density at radius 2 is 2.27 bits per heavy atom. The highest BCUT2D eigenvalue weighted by atomic mass is 32.2. The second-order valence-corrected chi connectivity index (χ2v) is 4.18. The largest absolute Gasteiger partial charge is 0.464 e. The van der Waals surface area contributed by atoms with E-state index in [9.17, 15) is 13.2 Å². The van der Waals surface area contributed by atoms with Crippen LogP contribution in [-0.2, 0) is 19.6 Å². The first-order chi connectivity index (χ1) is 4.99. The lowest BCUT2D eigenvalue weighted by molar-refractivity contribution is -0.139. The van der Waals surface area contributed by atoms with Crippen LogP contribution in [0.4, 0.5) is 0 Å². The standard InChI is InChI=1S/C5H9NO4S/c1-11(8,9)6-4-2-3-10-5(4)7/h4,6H,2-3H2,1H3. The average molecular weight is 179 g/mol. The summed E-state index contributed by atoms with van der Waals surface area (Å²) in [5, 5.41) is 0. The van der Waals surface area contributed by atoms with Crippen molar-refractivity contribution >= 4 is 16.0 Å². The summed E-state index contributed by atoms with van der Waals surface area (Å²) in [6, 6.07) is -0.676. The Morgan fingerprint density at radius 1 is 1.64 bits per heavy atom. The molecule has 0 aliphatic carbocycles. The third kappa shape index (κ3) is 2.47. The van der Waals surface area contributed by atoms with Gasteiger partial charge in [-0.3, -0.25) is 4.79 Å². The van der Waals surface area contributed by atoms with Gasteiger partial charge in [-0.2, -0.15) is 0 Å². The molecule has 1 fully saturated rings. The molecule has 1 atom stereocenters. The average Bonchev–Trinajstić information content (AvgIpc) is 2.12. The second kappa shape index (κ2) is 2.78. The Morgan fingerprint density at radius 3 is 2.64 bits per heavy atom. The molecule has 64 valence electrons. The first kappa shape index (κ1) is 8.48. The lowest BCUT2D eigenvalue weighted by Gasteiger charge is -2.04. The molecule has 11 heavy (non-hydrogen) atoms. The molecule has 1 unspecified atom stereocenters. The summed E-state index contributed by atoms with van der Waals surface area (Å²) >= 11 is 0. The van der Waals surface area contributed by atoms with Crippen molar-refractivity contribution < 1.29 is 17.9 Å². The van der Waals surface area contributed by atoms with Gasteiger partial charge in [0.05, 0.1) is 12.9 Å². The van der Waals surface area contributed by atoms with Crippen molar-refractivity contribution in [1.82, 2.24) is 4.72 Å². The number of rotatable bonds is 2. The van der Waals surface area contributed by atoms with Crippen LogP contribution in [0.15, 0.2) is 0 Å². The monoisotopic (exact) mass is 179 g/mol. The van der Waals surface area contributed by atoms with Crippen molar-refractivity contribution in [3.63, 3.8) is 0 Å². The van der Waals surface area contributed by atoms with E-state index in [0.717, 1.165) is 6.26 Å². The molecule has 6 heteroatoms. The van der Waals surface area contributed by atoms with Crippen LogP contribution in [0.3, 0.4) is 0 Å². The Hall–Kier alpha value is -0.620. The minimum absolute atomic E-state index is 0.298. The van der Waals surface area contributed by atoms with E-state index in [1.165, 1.54) is 0 Å². The van der Waals surface area contributed by atoms with Crippen LogP contribution in [0.5, 0.6) is 0 Å². The minimum atomic E-state index is -3.29. The molecule has 0 aromatic rings. The van der Waals surface area contributed by atoms with Crippen molar-refractivity contribution in [3.8, 4) is 0 Å². The topological polar surface area (TPSA) is 72.5 Å². The summed E-state index contributed by atoms with van der Waals surface area (Å²) in [5.74, 6) is -0.490. The molecule has 1 saturated heterocycles. The third-order valence-corrected chi connectivity index (χ3v) is 2.00. The molecule has 0 amide bonds. The van der Waals surface area contributed by atoms with Gasteiger partial charge in [0.1, 0.15) is 6.04 Å². The van der Waals surface area contributed by atoms with Gasteiger partial charge < -0.3 is 4.74 Å². The van der Waals surface area contributed by atoms with Crippen molar-refractivity contribution in [1.29, 1.82) is 0 Å². The molecule has 1 heterocycles. The molecule has 1 N–H and O–H groups in total. The van der Waals surface area contributed by atoms with Crippen molar-refractivity contribution in [3.05, 3.63) is 0 Å². The first-order valence-corrected chi connectivity index (χ1v) is 5.02. The predicted octanol–water partition coefficient (Wildman–Crippen LogP) is -1.15. The summed E-state index contributed by atoms with van der Waals surface area (Å²) in [7, 11) is -3.29. The molecular weight excluding hydrogens is 170 g/mol. The molecule has 0 spiro atoms. The Labute approximate surface area is 64.8 Å². The highest BCUT2D eigenvalue weighted by Gasteiger charge is 2.28. The van der Waals surface area contributed by atoms with Crippen molar-refractivity contribution in [2.75, 3.05) is 12.9 Å². The zero-order valence-electron chi connectivity index (χ0n) is 6.03. The number of nitrogens with one attached hydrogen (secondary N) is 1. The Bertz CT molecular complexity index is 258. The van der Waals surface area contributed by atoms with Gasteiger partial charge in [0.25, 0.3) is 0 Å². The molecule has 0 bridgehead atoms. The maximum absolute atomic E-state index is 10.7. The fraction of sp³-hybridized carbons (Fsp3) is 0.800. The molecule has 1 rings (SSSR count). The van der Waals surface area contributed by atoms with Gasteiger partial charge in [-0.25, -0.2) is 13.1 Å². The maximum Gasteiger partial charge on any atom is 0.324 e. The molecule has 5 nitrogen and oxygen atoms in total. The van der Waals surface area contributed by atoms with Gasteiger partial charge >= 0.3 is 5.97 Å². The van der Waals surface area contributed by atoms with Crippen molar-refractivity contribution in [2.45, 2.75) is 12.5 Å². The molecule has 0 saturated carbocycles. The quantitative estimate of drug-likeness (QED) is 0.543. The summed E-state index contributed by atoms with van der Waals surface area (Å²) < 4.78 is 27.9. The van der Waals surface area contributed by atoms with E-state index < -0.39 is 22.0 Å². The summed E-state index contributed by atoms with van der Waals surface area (Å²) in [6.07, 6.45) is 1.44. The van der Waals surface area contributed by atoms with Gasteiger partial charge in [-0.05, 0) is 0 Å². The number of hydrogen-bond donors (Lipinski definition) is 1. The number of hydrogen-bond acceptors (Lipinski definition) is 4. The highest BCUT2D eigenvalue weighted by molar-refractivity contribution is 7.88. The summed E-state index contributed by atoms with van der Waals surface area (Å²) in [5.41, 5.74) is 0. The van der Waals surface area contributed by atoms with E-state index in [1.54, 1.807) is 0 Å². The van der Waals surface area contributed by atoms with Gasteiger partial charge in [0, 0.05) is 6.42 Å². The smallest absolute Gasteiger partial charge is 0.324 e. The van der Waals surface area contributed by atoms with E-state index in [-0.39, 0.29) is 0 Å². The van der Waals surface area contributed by atoms with Gasteiger partial charge in [-0.15, -0.1) is 0 Å². The molecule has 1 aliphatic heterocycles. The number of cyclic esters (lactones) is 1. The fourth-order valence-corrected chi connectivity index (χ4v) is 1.59. The van der Waals surface area contributed by atoms with Gasteiger partial charge in [0.2, 0.25) is 10.0 Å². The molecule has 0 radical (unpaired) electrons. The Balaban J connectivity index is 2.57. The minimum Gasteiger partial charge on any atom is -0.464 e. The molecular formula is C5H9NO4S. The van der Waals surface area contributed by atoms with Crippen LogP contribution < -0.4 is 4.72 Å². The van der Waals surface area contributed by atoms with E-state index in [2.05, 4.69) is 9.46 Å². The van der Waals surface area contributed by atoms with E-state index in [1.807, 2.05) is 0 Å². The molecule has 0 aromatic heterocycles. The molecule has 1 aliphatic rings. The van der Waals surface area contributed by atoms with E-state index in [4.69, 9.17) is 0 Å². The highest BCUT2D eigenvalue weighted by Crippen LogP contribution is 2.05. The van der Waals surface area contributed by atoms with E-state index >= 15 is 0 Å². The first-order valence-electron chi connectivity index (χ1n) is 3.13. The lowest BCUT2D eigenvalue weighted by Crippen LogP contribution is -2.37. The zero-order chi connectivity index (χ0) is 8.48. The second-order valence-electron chi connectivity index (χ2n) is 2.40. The zero-order valence-corrected chi connectivity index (χ0v) is 6.85. The lowest BCUT2D eigenvalue weighted by atomic mass is 10.3. The predicted molar refractivity (Wildman–Crippen MR) is 37.3 cm³/mol. The fourth-order valence-electron chi connectivity index (χ4n) is 0.861. The van der Waals surface area contributed by atoms with Crippen molar-refractivity contribution in [2.24, 2.45) is 0 Å². The summed E-state index contributed by atoms with van der Waals surface area (Å²) in [6.45, 7) is 0.298. The Kier molecular flexibility index (Phi) is 2.15. The number of ether oxygens (including phenoxy) is 1. The maximum atomic E-state index is 10.7. The summed E-state index contributed by atoms with van der Waals surface area (Å²) in [4.78, 5) is 10.7. The van der Waals surface area contributed by atoms with E-state index in [0.29, 0.717) is 13.0 Å². The third-order valence-electron chi connectivity index (χ3n) is 1.29. The van der Waals surface area contributed by atoms with Crippen LogP contribution in [0, 0.1) is 0 Å². The number of carbonyl (C=O) groups excluding carboxylic acids is 1. The normalized spacial score (nSPS) is 25.2.